The summed E-state index contributed by atoms with van der Waals surface area (Å²) in [6.45, 7) is 6.66. The number of anilines is 2. The Kier molecular flexibility index (Phi) is 8.47. The van der Waals surface area contributed by atoms with Crippen molar-refractivity contribution in [1.82, 2.24) is 0 Å². The van der Waals surface area contributed by atoms with Crippen LogP contribution in [0.4, 0.5) is 11.4 Å². The van der Waals surface area contributed by atoms with Crippen molar-refractivity contribution in [1.29, 1.82) is 0 Å². The second kappa shape index (κ2) is 10.9. The highest BCUT2D eigenvalue weighted by Gasteiger charge is 1.99. The molecule has 0 aromatic heterocycles. The molecule has 0 heterocycles. The molecule has 0 aliphatic carbocycles. The van der Waals surface area contributed by atoms with Gasteiger partial charge in [0.25, 0.3) is 0 Å². The summed E-state index contributed by atoms with van der Waals surface area (Å²) in [4.78, 5) is 0. The zero-order valence-electron chi connectivity index (χ0n) is 15.3. The van der Waals surface area contributed by atoms with Crippen LogP contribution < -0.4 is 15.4 Å². The van der Waals surface area contributed by atoms with Gasteiger partial charge in [0, 0.05) is 35.6 Å². The van der Waals surface area contributed by atoms with Crippen LogP contribution in [0.1, 0.15) is 38.2 Å². The van der Waals surface area contributed by atoms with Gasteiger partial charge in [-0.25, -0.2) is 0 Å². The zero-order valence-corrected chi connectivity index (χ0v) is 16.0. The highest BCUT2D eigenvalue weighted by molar-refractivity contribution is 6.31. The summed E-state index contributed by atoms with van der Waals surface area (Å²) >= 11 is 6.14. The molecule has 3 nitrogen and oxygen atoms in total. The molecule has 0 radical (unpaired) electrons. The van der Waals surface area contributed by atoms with Crippen LogP contribution in [-0.2, 0) is 0 Å². The Balaban J connectivity index is 1.69. The molecule has 136 valence electrons. The van der Waals surface area contributed by atoms with E-state index in [2.05, 4.69) is 29.7 Å². The third-order valence-electron chi connectivity index (χ3n) is 4.06. The number of rotatable bonds is 11. The van der Waals surface area contributed by atoms with Gasteiger partial charge in [0.2, 0.25) is 0 Å². The van der Waals surface area contributed by atoms with Gasteiger partial charge >= 0.3 is 0 Å². The van der Waals surface area contributed by atoms with E-state index in [1.54, 1.807) is 0 Å². The number of halogens is 1. The van der Waals surface area contributed by atoms with Crippen LogP contribution in [0, 0.1) is 6.92 Å². The van der Waals surface area contributed by atoms with Crippen molar-refractivity contribution >= 4 is 23.0 Å². The summed E-state index contributed by atoms with van der Waals surface area (Å²) in [7, 11) is 0. The Labute approximate surface area is 156 Å². The Morgan fingerprint density at radius 1 is 0.920 bits per heavy atom. The minimum atomic E-state index is 0.791. The smallest absolute Gasteiger partial charge is 0.121 e. The molecule has 0 saturated heterocycles. The van der Waals surface area contributed by atoms with Gasteiger partial charge < -0.3 is 15.4 Å². The van der Waals surface area contributed by atoms with E-state index in [9.17, 15) is 0 Å². The van der Waals surface area contributed by atoms with Crippen LogP contribution >= 0.6 is 11.6 Å². The molecule has 0 aliphatic rings. The number of aryl methyl sites for hydroxylation is 1. The molecule has 2 rings (SSSR count). The van der Waals surface area contributed by atoms with E-state index < -0.39 is 0 Å². The minimum Gasteiger partial charge on any atom is -0.494 e. The molecular formula is C21H29ClN2O. The Bertz CT molecular complexity index is 646. The van der Waals surface area contributed by atoms with E-state index in [-0.39, 0.29) is 0 Å². The zero-order chi connectivity index (χ0) is 17.9. The third kappa shape index (κ3) is 7.27. The summed E-state index contributed by atoms with van der Waals surface area (Å²) in [5, 5.41) is 7.58. The Morgan fingerprint density at radius 3 is 2.40 bits per heavy atom. The summed E-state index contributed by atoms with van der Waals surface area (Å²) in [5.41, 5.74) is 3.22. The summed E-state index contributed by atoms with van der Waals surface area (Å²) in [6, 6.07) is 14.2. The lowest BCUT2D eigenvalue weighted by Gasteiger charge is -2.11. The van der Waals surface area contributed by atoms with Crippen LogP contribution in [0.25, 0.3) is 0 Å². The van der Waals surface area contributed by atoms with E-state index in [1.807, 2.05) is 37.3 Å². The van der Waals surface area contributed by atoms with Gasteiger partial charge in [-0.2, -0.15) is 0 Å². The molecule has 0 unspecified atom stereocenters. The minimum absolute atomic E-state index is 0.791. The van der Waals surface area contributed by atoms with Crippen molar-refractivity contribution in [3.05, 3.63) is 53.1 Å². The van der Waals surface area contributed by atoms with Crippen molar-refractivity contribution < 1.29 is 4.74 Å². The predicted molar refractivity (Wildman–Crippen MR) is 109 cm³/mol. The quantitative estimate of drug-likeness (QED) is 0.473. The lowest BCUT2D eigenvalue weighted by molar-refractivity contribution is 0.305. The van der Waals surface area contributed by atoms with E-state index in [4.69, 9.17) is 16.3 Å². The first-order valence-corrected chi connectivity index (χ1v) is 9.53. The number of benzene rings is 2. The van der Waals surface area contributed by atoms with E-state index >= 15 is 0 Å². The maximum atomic E-state index is 6.14. The maximum absolute atomic E-state index is 6.14. The number of hydrogen-bond acceptors (Lipinski definition) is 3. The molecule has 4 heteroatoms. The molecule has 2 N–H and O–H groups in total. The second-order valence-corrected chi connectivity index (χ2v) is 6.66. The van der Waals surface area contributed by atoms with Gasteiger partial charge in [0.1, 0.15) is 5.75 Å². The van der Waals surface area contributed by atoms with Crippen LogP contribution in [0.2, 0.25) is 5.02 Å². The first kappa shape index (κ1) is 19.5. The molecule has 2 aromatic carbocycles. The molecule has 0 aliphatic heterocycles. The molecule has 0 saturated carbocycles. The molecule has 0 amide bonds. The molecule has 0 fully saturated rings. The van der Waals surface area contributed by atoms with Crippen LogP contribution in [-0.4, -0.2) is 19.7 Å². The van der Waals surface area contributed by atoms with Gasteiger partial charge in [0.15, 0.2) is 0 Å². The van der Waals surface area contributed by atoms with Crippen LogP contribution in [0.15, 0.2) is 42.5 Å². The highest BCUT2D eigenvalue weighted by atomic mass is 35.5. The van der Waals surface area contributed by atoms with Crippen molar-refractivity contribution in [3.63, 3.8) is 0 Å². The van der Waals surface area contributed by atoms with Crippen molar-refractivity contribution in [2.45, 2.75) is 39.5 Å². The fraction of sp³-hybridized carbons (Fsp3) is 0.429. The van der Waals surface area contributed by atoms with Crippen LogP contribution in [0.3, 0.4) is 0 Å². The maximum Gasteiger partial charge on any atom is 0.121 e. The van der Waals surface area contributed by atoms with Crippen LogP contribution in [0.5, 0.6) is 5.75 Å². The first-order chi connectivity index (χ1) is 12.2. The molecule has 2 aromatic rings. The average molecular weight is 361 g/mol. The normalized spacial score (nSPS) is 10.5. The predicted octanol–water partition coefficient (Wildman–Crippen LogP) is 6.13. The lowest BCUT2D eigenvalue weighted by Crippen LogP contribution is -2.13. The molecular weight excluding hydrogens is 332 g/mol. The number of nitrogens with one attached hydrogen (secondary N) is 2. The topological polar surface area (TPSA) is 33.3 Å². The lowest BCUT2D eigenvalue weighted by atomic mass is 10.2. The van der Waals surface area contributed by atoms with Gasteiger partial charge in [-0.15, -0.1) is 0 Å². The molecule has 0 bridgehead atoms. The van der Waals surface area contributed by atoms with E-state index in [1.165, 1.54) is 19.3 Å². The monoisotopic (exact) mass is 360 g/mol. The van der Waals surface area contributed by atoms with Crippen molar-refractivity contribution in [2.24, 2.45) is 0 Å². The number of hydrogen-bond donors (Lipinski definition) is 2. The molecule has 25 heavy (non-hydrogen) atoms. The fourth-order valence-electron chi connectivity index (χ4n) is 2.53. The summed E-state index contributed by atoms with van der Waals surface area (Å²) < 4.78 is 5.82. The van der Waals surface area contributed by atoms with Crippen molar-refractivity contribution in [3.8, 4) is 5.75 Å². The summed E-state index contributed by atoms with van der Waals surface area (Å²) in [6.07, 6.45) is 4.89. The van der Waals surface area contributed by atoms with E-state index in [0.717, 1.165) is 53.8 Å². The van der Waals surface area contributed by atoms with Gasteiger partial charge in [0.05, 0.1) is 6.61 Å². The molecule has 0 spiro atoms. The first-order valence-electron chi connectivity index (χ1n) is 9.16. The highest BCUT2D eigenvalue weighted by Crippen LogP contribution is 2.20. The number of ether oxygens (including phenoxy) is 1. The Morgan fingerprint density at radius 2 is 1.68 bits per heavy atom. The second-order valence-electron chi connectivity index (χ2n) is 6.25. The van der Waals surface area contributed by atoms with Crippen molar-refractivity contribution in [2.75, 3.05) is 30.3 Å². The third-order valence-corrected chi connectivity index (χ3v) is 4.46. The fourth-order valence-corrected chi connectivity index (χ4v) is 2.71. The average Bonchev–Trinajstić information content (AvgIpc) is 2.62. The van der Waals surface area contributed by atoms with Gasteiger partial charge in [-0.05, 0) is 43.2 Å². The van der Waals surface area contributed by atoms with Gasteiger partial charge in [-0.3, -0.25) is 0 Å². The number of unbranched alkanes of at least 4 members (excludes halogenated alkanes) is 3. The largest absolute Gasteiger partial charge is 0.494 e. The molecule has 0 atom stereocenters. The Hall–Kier alpha value is -1.87. The SMILES string of the molecule is CCCCCCOc1cccc(NCCNc2ccc(C)c(Cl)c2)c1. The summed E-state index contributed by atoms with van der Waals surface area (Å²) in [5.74, 6) is 0.930. The van der Waals surface area contributed by atoms with Gasteiger partial charge in [-0.1, -0.05) is 49.9 Å². The van der Waals surface area contributed by atoms with E-state index in [0.29, 0.717) is 0 Å². The standard InChI is InChI=1S/C21H29ClN2O/c1-3-4-5-6-14-25-20-9-7-8-18(15-20)23-12-13-24-19-11-10-17(2)21(22)16-19/h7-11,15-16,23-24H,3-6,12-14H2,1-2H3.